The van der Waals surface area contributed by atoms with E-state index in [-0.39, 0.29) is 5.91 Å². The third kappa shape index (κ3) is 6.15. The van der Waals surface area contributed by atoms with Gasteiger partial charge < -0.3 is 15.5 Å². The van der Waals surface area contributed by atoms with Crippen LogP contribution in [0.1, 0.15) is 40.2 Å². The lowest BCUT2D eigenvalue weighted by atomic mass is 9.90. The van der Waals surface area contributed by atoms with Crippen molar-refractivity contribution in [1.29, 1.82) is 0 Å². The van der Waals surface area contributed by atoms with Gasteiger partial charge in [-0.3, -0.25) is 14.9 Å². The Morgan fingerprint density at radius 2 is 1.85 bits per heavy atom. The molecule has 1 atom stereocenters. The molecule has 1 amide bonds. The Morgan fingerprint density at radius 3 is 2.66 bits per heavy atom. The zero-order chi connectivity index (χ0) is 28.2. The molecule has 5 aromatic rings. The van der Waals surface area contributed by atoms with E-state index in [1.807, 2.05) is 55.5 Å². The van der Waals surface area contributed by atoms with E-state index in [1.54, 1.807) is 24.8 Å². The Kier molecular flexibility index (Phi) is 7.51. The van der Waals surface area contributed by atoms with Crippen LogP contribution in [-0.4, -0.2) is 56.1 Å². The molecule has 3 N–H and O–H groups in total. The number of nitrogens with zero attached hydrogens (tertiary/aromatic N) is 5. The maximum absolute atomic E-state index is 13.0. The molecule has 1 unspecified atom stereocenters. The molecule has 3 aromatic heterocycles. The van der Waals surface area contributed by atoms with E-state index in [2.05, 4.69) is 54.9 Å². The minimum absolute atomic E-state index is 0.144. The summed E-state index contributed by atoms with van der Waals surface area (Å²) in [6.07, 6.45) is 9.37. The number of anilines is 3. The fourth-order valence-corrected chi connectivity index (χ4v) is 5.23. The molecule has 0 aliphatic carbocycles. The largest absolute Gasteiger partial charge is 0.324 e. The maximum Gasteiger partial charge on any atom is 0.255 e. The molecule has 0 bridgehead atoms. The average Bonchev–Trinajstić information content (AvgIpc) is 3.55. The fourth-order valence-electron chi connectivity index (χ4n) is 5.23. The topological polar surface area (TPSA) is 112 Å². The first-order valence-electron chi connectivity index (χ1n) is 13.8. The second kappa shape index (κ2) is 11.7. The summed E-state index contributed by atoms with van der Waals surface area (Å²) in [7, 11) is 2.17. The van der Waals surface area contributed by atoms with Crippen molar-refractivity contribution < 1.29 is 4.79 Å². The number of piperidine rings is 1. The number of likely N-dealkylation sites (tertiary alicyclic amines) is 1. The molecule has 1 aliphatic rings. The van der Waals surface area contributed by atoms with Crippen LogP contribution in [-0.2, 0) is 0 Å². The number of pyridine rings is 1. The highest BCUT2D eigenvalue weighted by Crippen LogP contribution is 2.28. The van der Waals surface area contributed by atoms with E-state index in [0.29, 0.717) is 23.1 Å². The van der Waals surface area contributed by atoms with Gasteiger partial charge in [0.1, 0.15) is 0 Å². The van der Waals surface area contributed by atoms with Gasteiger partial charge in [-0.25, -0.2) is 9.97 Å². The Morgan fingerprint density at radius 1 is 1.00 bits per heavy atom. The van der Waals surface area contributed by atoms with Gasteiger partial charge in [-0.1, -0.05) is 18.2 Å². The number of aromatic amines is 1. The predicted molar refractivity (Wildman–Crippen MR) is 161 cm³/mol. The van der Waals surface area contributed by atoms with Gasteiger partial charge in [0, 0.05) is 59.4 Å². The molecule has 0 saturated carbocycles. The lowest BCUT2D eigenvalue weighted by Gasteiger charge is -2.30. The zero-order valence-electron chi connectivity index (χ0n) is 23.1. The summed E-state index contributed by atoms with van der Waals surface area (Å²) in [5.74, 6) is 0.828. The van der Waals surface area contributed by atoms with Crippen LogP contribution in [0.3, 0.4) is 0 Å². The van der Waals surface area contributed by atoms with Crippen molar-refractivity contribution in [3.63, 3.8) is 0 Å². The monoisotopic (exact) mass is 544 g/mol. The molecule has 206 valence electrons. The van der Waals surface area contributed by atoms with Crippen LogP contribution in [0.2, 0.25) is 0 Å². The standard InChI is InChI=1S/C32H32N8O/c1-21-5-10-27(36-31(41)23-8-6-22(7-9-23)24-4-3-15-40(2)20-24)17-30(21)38-32-34-13-11-28(37-32)25-16-26(19-33-18-25)29-12-14-35-39-29/h5-14,16-19,24H,3-4,15,20H2,1-2H3,(H,35,39)(H,36,41)(H,34,37,38). The summed E-state index contributed by atoms with van der Waals surface area (Å²) in [4.78, 5) is 28.9. The zero-order valence-corrected chi connectivity index (χ0v) is 23.1. The molecular formula is C32H32N8O. The number of carbonyl (C=O) groups is 1. The molecule has 6 rings (SSSR count). The second-order valence-electron chi connectivity index (χ2n) is 10.5. The van der Waals surface area contributed by atoms with Gasteiger partial charge in [-0.05, 0) is 92.9 Å². The number of aromatic nitrogens is 5. The van der Waals surface area contributed by atoms with Crippen LogP contribution in [0.5, 0.6) is 0 Å². The van der Waals surface area contributed by atoms with Gasteiger partial charge in [0.25, 0.3) is 5.91 Å². The molecule has 0 spiro atoms. The van der Waals surface area contributed by atoms with Gasteiger partial charge in [0.15, 0.2) is 0 Å². The Bertz CT molecular complexity index is 1650. The van der Waals surface area contributed by atoms with E-state index in [4.69, 9.17) is 4.98 Å². The van der Waals surface area contributed by atoms with Crippen LogP contribution in [0.25, 0.3) is 22.5 Å². The maximum atomic E-state index is 13.0. The lowest BCUT2D eigenvalue weighted by Crippen LogP contribution is -2.30. The van der Waals surface area contributed by atoms with Gasteiger partial charge in [0.2, 0.25) is 5.95 Å². The highest BCUT2D eigenvalue weighted by Gasteiger charge is 2.19. The number of amides is 1. The first-order valence-corrected chi connectivity index (χ1v) is 13.8. The van der Waals surface area contributed by atoms with E-state index in [9.17, 15) is 4.79 Å². The van der Waals surface area contributed by atoms with Gasteiger partial charge in [-0.2, -0.15) is 5.10 Å². The number of rotatable bonds is 7. The summed E-state index contributed by atoms with van der Waals surface area (Å²) in [6, 6.07) is 19.5. The number of H-pyrrole nitrogens is 1. The summed E-state index contributed by atoms with van der Waals surface area (Å²) in [5.41, 5.74) is 7.83. The number of likely N-dealkylation sites (N-methyl/N-ethyl adjacent to an activating group) is 1. The highest BCUT2D eigenvalue weighted by atomic mass is 16.1. The van der Waals surface area contributed by atoms with Crippen molar-refractivity contribution in [2.24, 2.45) is 0 Å². The van der Waals surface area contributed by atoms with Crippen LogP contribution in [0.4, 0.5) is 17.3 Å². The number of hydrogen-bond acceptors (Lipinski definition) is 7. The fraction of sp³-hybridized carbons (Fsp3) is 0.219. The Balaban J connectivity index is 1.15. The van der Waals surface area contributed by atoms with Gasteiger partial charge in [0.05, 0.1) is 11.4 Å². The summed E-state index contributed by atoms with van der Waals surface area (Å²) in [6.45, 7) is 4.21. The molecule has 9 nitrogen and oxygen atoms in total. The summed E-state index contributed by atoms with van der Waals surface area (Å²) in [5, 5.41) is 13.3. The Hall–Kier alpha value is -4.89. The number of benzene rings is 2. The van der Waals surface area contributed by atoms with Crippen molar-refractivity contribution >= 4 is 23.2 Å². The minimum atomic E-state index is -0.144. The van der Waals surface area contributed by atoms with Crippen molar-refractivity contribution in [3.05, 3.63) is 102 Å². The predicted octanol–water partition coefficient (Wildman–Crippen LogP) is 6.04. The van der Waals surface area contributed by atoms with Crippen molar-refractivity contribution in [3.8, 4) is 22.5 Å². The van der Waals surface area contributed by atoms with E-state index in [0.717, 1.165) is 46.9 Å². The summed E-state index contributed by atoms with van der Waals surface area (Å²) < 4.78 is 0. The van der Waals surface area contributed by atoms with Crippen molar-refractivity contribution in [2.75, 3.05) is 30.8 Å². The number of aryl methyl sites for hydroxylation is 1. The van der Waals surface area contributed by atoms with Crippen LogP contribution >= 0.6 is 0 Å². The lowest BCUT2D eigenvalue weighted by molar-refractivity contribution is 0.102. The van der Waals surface area contributed by atoms with Crippen LogP contribution in [0.15, 0.2) is 85.5 Å². The van der Waals surface area contributed by atoms with Gasteiger partial charge in [-0.15, -0.1) is 0 Å². The first-order chi connectivity index (χ1) is 20.0. The number of carbonyl (C=O) groups excluding carboxylic acids is 1. The molecule has 4 heterocycles. The SMILES string of the molecule is Cc1ccc(NC(=O)c2ccc(C3CCCN(C)C3)cc2)cc1Nc1nccc(-c2cncc(-c3ccn[nH]3)c2)n1. The highest BCUT2D eigenvalue weighted by molar-refractivity contribution is 6.04. The first kappa shape index (κ1) is 26.3. The molecular weight excluding hydrogens is 512 g/mol. The molecule has 1 aliphatic heterocycles. The van der Waals surface area contributed by atoms with Gasteiger partial charge >= 0.3 is 0 Å². The normalized spacial score (nSPS) is 15.4. The molecule has 1 fully saturated rings. The third-order valence-corrected chi connectivity index (χ3v) is 7.51. The second-order valence-corrected chi connectivity index (χ2v) is 10.5. The average molecular weight is 545 g/mol. The molecule has 9 heteroatoms. The Labute approximate surface area is 239 Å². The molecule has 2 aromatic carbocycles. The molecule has 41 heavy (non-hydrogen) atoms. The van der Waals surface area contributed by atoms with Crippen LogP contribution in [0, 0.1) is 6.92 Å². The summed E-state index contributed by atoms with van der Waals surface area (Å²) >= 11 is 0. The molecule has 0 radical (unpaired) electrons. The van der Waals surface area contributed by atoms with Crippen molar-refractivity contribution in [1.82, 2.24) is 30.0 Å². The molecule has 1 saturated heterocycles. The van der Waals surface area contributed by atoms with Crippen molar-refractivity contribution in [2.45, 2.75) is 25.7 Å². The van der Waals surface area contributed by atoms with E-state index in [1.165, 1.54) is 18.4 Å². The number of hydrogen-bond donors (Lipinski definition) is 3. The third-order valence-electron chi connectivity index (χ3n) is 7.51. The minimum Gasteiger partial charge on any atom is -0.324 e. The number of nitrogens with one attached hydrogen (secondary N) is 3. The smallest absolute Gasteiger partial charge is 0.255 e. The van der Waals surface area contributed by atoms with E-state index < -0.39 is 0 Å². The van der Waals surface area contributed by atoms with E-state index >= 15 is 0 Å². The quantitative estimate of drug-likeness (QED) is 0.229. The van der Waals surface area contributed by atoms with Crippen LogP contribution < -0.4 is 10.6 Å².